The van der Waals surface area contributed by atoms with Gasteiger partial charge in [0.15, 0.2) is 0 Å². The lowest BCUT2D eigenvalue weighted by Crippen LogP contribution is -2.41. The van der Waals surface area contributed by atoms with Gasteiger partial charge in [0, 0.05) is 12.6 Å². The van der Waals surface area contributed by atoms with Crippen LogP contribution < -0.4 is 11.1 Å². The zero-order valence-corrected chi connectivity index (χ0v) is 12.0. The molecule has 18 heavy (non-hydrogen) atoms. The van der Waals surface area contributed by atoms with E-state index < -0.39 is 5.60 Å². The second-order valence-corrected chi connectivity index (χ2v) is 6.19. The zero-order chi connectivity index (χ0) is 13.8. The van der Waals surface area contributed by atoms with E-state index in [0.29, 0.717) is 12.5 Å². The number of rotatable bonds is 2. The van der Waals surface area contributed by atoms with Crippen LogP contribution in [0.5, 0.6) is 0 Å². The Kier molecular flexibility index (Phi) is 5.41. The van der Waals surface area contributed by atoms with Crippen LogP contribution >= 0.6 is 0 Å². The maximum Gasteiger partial charge on any atom is 0.407 e. The Labute approximate surface area is 110 Å². The summed E-state index contributed by atoms with van der Waals surface area (Å²) in [5, 5.41) is 2.82. The van der Waals surface area contributed by atoms with Crippen LogP contribution in [-0.4, -0.2) is 49.3 Å². The largest absolute Gasteiger partial charge is 0.444 e. The van der Waals surface area contributed by atoms with Crippen molar-refractivity contribution in [1.82, 2.24) is 10.2 Å². The van der Waals surface area contributed by atoms with E-state index >= 15 is 0 Å². The van der Waals surface area contributed by atoms with Crippen LogP contribution in [-0.2, 0) is 4.74 Å². The summed E-state index contributed by atoms with van der Waals surface area (Å²) in [5.74, 6) is 0.336. The smallest absolute Gasteiger partial charge is 0.407 e. The lowest BCUT2D eigenvalue weighted by atomic mass is 9.96. The van der Waals surface area contributed by atoms with E-state index in [0.717, 1.165) is 25.9 Å². The molecule has 1 rings (SSSR count). The van der Waals surface area contributed by atoms with Crippen LogP contribution in [0.15, 0.2) is 0 Å². The van der Waals surface area contributed by atoms with Gasteiger partial charge in [-0.15, -0.1) is 0 Å². The Bertz CT molecular complexity index is 276. The number of ether oxygens (including phenoxy) is 1. The highest BCUT2D eigenvalue weighted by Crippen LogP contribution is 2.15. The first-order valence-corrected chi connectivity index (χ1v) is 6.69. The number of nitrogens with two attached hydrogens (primary N) is 1. The molecule has 1 saturated heterocycles. The maximum absolute atomic E-state index is 11.6. The van der Waals surface area contributed by atoms with Crippen molar-refractivity contribution in [1.29, 1.82) is 0 Å². The Balaban J connectivity index is 2.35. The molecule has 0 aromatic carbocycles. The van der Waals surface area contributed by atoms with Crippen molar-refractivity contribution in [3.63, 3.8) is 0 Å². The van der Waals surface area contributed by atoms with E-state index in [-0.39, 0.29) is 12.1 Å². The quantitative estimate of drug-likeness (QED) is 0.779. The number of amides is 1. The fourth-order valence-electron chi connectivity index (χ4n) is 2.10. The summed E-state index contributed by atoms with van der Waals surface area (Å²) >= 11 is 0. The highest BCUT2D eigenvalue weighted by molar-refractivity contribution is 5.67. The average molecular weight is 257 g/mol. The highest BCUT2D eigenvalue weighted by atomic mass is 16.6. The highest BCUT2D eigenvalue weighted by Gasteiger charge is 2.23. The molecule has 0 radical (unpaired) electrons. The fourth-order valence-corrected chi connectivity index (χ4v) is 2.10. The van der Waals surface area contributed by atoms with Crippen LogP contribution in [0.25, 0.3) is 0 Å². The number of nitrogens with one attached hydrogen (secondary N) is 1. The van der Waals surface area contributed by atoms with Crippen LogP contribution in [0, 0.1) is 5.92 Å². The lowest BCUT2D eigenvalue weighted by molar-refractivity contribution is 0.0516. The molecule has 1 amide bonds. The van der Waals surface area contributed by atoms with Gasteiger partial charge in [-0.25, -0.2) is 4.79 Å². The lowest BCUT2D eigenvalue weighted by Gasteiger charge is -2.23. The molecule has 2 unspecified atom stereocenters. The summed E-state index contributed by atoms with van der Waals surface area (Å²) in [7, 11) is 2.11. The summed E-state index contributed by atoms with van der Waals surface area (Å²) in [6, 6.07) is 0.157. The minimum atomic E-state index is -0.449. The number of likely N-dealkylation sites (tertiary alicyclic amines) is 1. The van der Waals surface area contributed by atoms with Gasteiger partial charge in [-0.1, -0.05) is 0 Å². The SMILES string of the molecule is CN1CCC(N)C(CNC(=O)OC(C)(C)C)CC1. The van der Waals surface area contributed by atoms with Crippen LogP contribution in [0.3, 0.4) is 0 Å². The predicted molar refractivity (Wildman–Crippen MR) is 72.4 cm³/mol. The zero-order valence-electron chi connectivity index (χ0n) is 12.0. The van der Waals surface area contributed by atoms with E-state index in [9.17, 15) is 4.79 Å². The van der Waals surface area contributed by atoms with E-state index in [2.05, 4.69) is 17.3 Å². The first-order valence-electron chi connectivity index (χ1n) is 6.69. The number of hydrogen-bond acceptors (Lipinski definition) is 4. The fraction of sp³-hybridized carbons (Fsp3) is 0.923. The number of nitrogens with zero attached hydrogens (tertiary/aromatic N) is 1. The molecule has 0 aromatic heterocycles. The van der Waals surface area contributed by atoms with E-state index in [1.165, 1.54) is 0 Å². The number of alkyl carbamates (subject to hydrolysis) is 1. The van der Waals surface area contributed by atoms with Gasteiger partial charge in [0.05, 0.1) is 0 Å². The monoisotopic (exact) mass is 257 g/mol. The topological polar surface area (TPSA) is 67.6 Å². The molecule has 1 aliphatic rings. The number of carbonyl (C=O) groups excluding carboxylic acids is 1. The Morgan fingerprint density at radius 3 is 2.61 bits per heavy atom. The van der Waals surface area contributed by atoms with E-state index in [1.807, 2.05) is 20.8 Å². The molecule has 5 nitrogen and oxygen atoms in total. The normalized spacial score (nSPS) is 26.5. The Morgan fingerprint density at radius 2 is 2.00 bits per heavy atom. The first kappa shape index (κ1) is 15.2. The molecule has 5 heteroatoms. The molecule has 0 aromatic rings. The molecule has 2 atom stereocenters. The van der Waals surface area contributed by atoms with Crippen LogP contribution in [0.1, 0.15) is 33.6 Å². The van der Waals surface area contributed by atoms with Crippen molar-refractivity contribution in [3.8, 4) is 0 Å². The molecule has 1 fully saturated rings. The summed E-state index contributed by atoms with van der Waals surface area (Å²) in [6.07, 6.45) is 1.65. The summed E-state index contributed by atoms with van der Waals surface area (Å²) < 4.78 is 5.22. The second-order valence-electron chi connectivity index (χ2n) is 6.19. The van der Waals surface area contributed by atoms with Gasteiger partial charge in [0.1, 0.15) is 5.60 Å². The standard InChI is InChI=1S/C13H27N3O2/c1-13(2,3)18-12(17)15-9-10-5-7-16(4)8-6-11(10)14/h10-11H,5-9,14H2,1-4H3,(H,15,17). The molecule has 1 aliphatic heterocycles. The number of hydrogen-bond donors (Lipinski definition) is 2. The van der Waals surface area contributed by atoms with E-state index in [4.69, 9.17) is 10.5 Å². The molecule has 106 valence electrons. The molecule has 0 bridgehead atoms. The molecule has 0 saturated carbocycles. The van der Waals surface area contributed by atoms with Crippen molar-refractivity contribution in [2.45, 2.75) is 45.3 Å². The summed E-state index contributed by atoms with van der Waals surface area (Å²) in [4.78, 5) is 13.9. The van der Waals surface area contributed by atoms with Gasteiger partial charge >= 0.3 is 6.09 Å². The first-order chi connectivity index (χ1) is 8.28. The van der Waals surface area contributed by atoms with Gasteiger partial charge in [-0.05, 0) is 59.7 Å². The number of carbonyl (C=O) groups is 1. The third-order valence-electron chi connectivity index (χ3n) is 3.24. The third-order valence-corrected chi connectivity index (χ3v) is 3.24. The molecule has 1 heterocycles. The van der Waals surface area contributed by atoms with Gasteiger partial charge < -0.3 is 20.7 Å². The van der Waals surface area contributed by atoms with Crippen molar-refractivity contribution in [2.24, 2.45) is 11.7 Å². The van der Waals surface area contributed by atoms with Gasteiger partial charge in [-0.2, -0.15) is 0 Å². The van der Waals surface area contributed by atoms with Gasteiger partial charge in [0.2, 0.25) is 0 Å². The Morgan fingerprint density at radius 1 is 1.39 bits per heavy atom. The molecular weight excluding hydrogens is 230 g/mol. The van der Waals surface area contributed by atoms with Crippen LogP contribution in [0.4, 0.5) is 4.79 Å². The van der Waals surface area contributed by atoms with Crippen molar-refractivity contribution < 1.29 is 9.53 Å². The second kappa shape index (κ2) is 6.38. The molecule has 3 N–H and O–H groups in total. The van der Waals surface area contributed by atoms with Gasteiger partial charge in [0.25, 0.3) is 0 Å². The van der Waals surface area contributed by atoms with Crippen molar-refractivity contribution in [3.05, 3.63) is 0 Å². The average Bonchev–Trinajstić information content (AvgIpc) is 2.37. The minimum Gasteiger partial charge on any atom is -0.444 e. The Hall–Kier alpha value is -0.810. The van der Waals surface area contributed by atoms with Crippen LogP contribution in [0.2, 0.25) is 0 Å². The maximum atomic E-state index is 11.6. The molecule has 0 spiro atoms. The summed E-state index contributed by atoms with van der Waals surface area (Å²) in [6.45, 7) is 8.25. The summed E-state index contributed by atoms with van der Waals surface area (Å²) in [5.41, 5.74) is 5.69. The van der Waals surface area contributed by atoms with Gasteiger partial charge in [-0.3, -0.25) is 0 Å². The predicted octanol–water partition coefficient (Wildman–Crippen LogP) is 1.18. The van der Waals surface area contributed by atoms with Crippen molar-refractivity contribution >= 4 is 6.09 Å². The molecule has 0 aliphatic carbocycles. The molecular formula is C13H27N3O2. The minimum absolute atomic E-state index is 0.157. The third kappa shape index (κ3) is 5.69. The van der Waals surface area contributed by atoms with E-state index in [1.54, 1.807) is 0 Å². The van der Waals surface area contributed by atoms with Crippen molar-refractivity contribution in [2.75, 3.05) is 26.7 Å².